The number of aryl methyl sites for hydroxylation is 1. The van der Waals surface area contributed by atoms with Crippen LogP contribution in [0.25, 0.3) is 22.4 Å². The lowest BCUT2D eigenvalue weighted by molar-refractivity contribution is -0.127. The maximum atomic E-state index is 14.7. The Kier molecular flexibility index (Phi) is 4.73. The van der Waals surface area contributed by atoms with Crippen LogP contribution in [0.1, 0.15) is 11.3 Å². The highest BCUT2D eigenvalue weighted by Crippen LogP contribution is 2.39. The molecule has 0 fully saturated rings. The number of amides is 1. The van der Waals surface area contributed by atoms with Crippen molar-refractivity contribution in [1.82, 2.24) is 19.7 Å². The summed E-state index contributed by atoms with van der Waals surface area (Å²) in [5, 5.41) is 5.03. The van der Waals surface area contributed by atoms with Gasteiger partial charge in [0.2, 0.25) is 5.91 Å². The first-order chi connectivity index (χ1) is 13.5. The predicted molar refractivity (Wildman–Crippen MR) is 106 cm³/mol. The fourth-order valence-electron chi connectivity index (χ4n) is 3.54. The molecule has 1 amide bonds. The molecule has 0 saturated carbocycles. The minimum atomic E-state index is -0.435. The van der Waals surface area contributed by atoms with Crippen LogP contribution in [0.15, 0.2) is 49.3 Å². The lowest BCUT2D eigenvalue weighted by Gasteiger charge is -2.27. The summed E-state index contributed by atoms with van der Waals surface area (Å²) < 4.78 is 16.6. The quantitative estimate of drug-likeness (QED) is 0.622. The summed E-state index contributed by atoms with van der Waals surface area (Å²) >= 11 is 5.93. The third kappa shape index (κ3) is 3.10. The van der Waals surface area contributed by atoms with Crippen molar-refractivity contribution in [3.63, 3.8) is 0 Å². The molecule has 3 aromatic rings. The summed E-state index contributed by atoms with van der Waals surface area (Å²) in [4.78, 5) is 18.0. The maximum absolute atomic E-state index is 14.7. The van der Waals surface area contributed by atoms with E-state index in [1.165, 1.54) is 12.1 Å². The van der Waals surface area contributed by atoms with Gasteiger partial charge < -0.3 is 4.90 Å². The molecule has 1 aliphatic heterocycles. The van der Waals surface area contributed by atoms with Gasteiger partial charge in [0.1, 0.15) is 11.5 Å². The highest BCUT2D eigenvalue weighted by Gasteiger charge is 2.28. The van der Waals surface area contributed by atoms with Crippen LogP contribution in [0, 0.1) is 12.7 Å². The molecule has 142 valence electrons. The zero-order valence-corrected chi connectivity index (χ0v) is 16.1. The van der Waals surface area contributed by atoms with E-state index in [1.807, 2.05) is 17.7 Å². The molecule has 0 atom stereocenters. The second-order valence-corrected chi connectivity index (χ2v) is 7.11. The van der Waals surface area contributed by atoms with Gasteiger partial charge in [0.05, 0.1) is 18.8 Å². The summed E-state index contributed by atoms with van der Waals surface area (Å²) in [7, 11) is 0. The molecule has 1 aliphatic rings. The summed E-state index contributed by atoms with van der Waals surface area (Å²) in [5.74, 6) is -0.570. The Bertz CT molecular complexity index is 1090. The van der Waals surface area contributed by atoms with Crippen molar-refractivity contribution in [2.24, 2.45) is 0 Å². The van der Waals surface area contributed by atoms with Gasteiger partial charge in [-0.25, -0.2) is 4.39 Å². The largest absolute Gasteiger partial charge is 0.331 e. The van der Waals surface area contributed by atoms with Crippen LogP contribution in [0.3, 0.4) is 0 Å². The van der Waals surface area contributed by atoms with Crippen LogP contribution in [-0.4, -0.2) is 32.1 Å². The lowest BCUT2D eigenvalue weighted by Crippen LogP contribution is -2.37. The number of fused-ring (bicyclic) bond motifs is 1. The highest BCUT2D eigenvalue weighted by atomic mass is 35.5. The second kappa shape index (κ2) is 7.20. The standard InChI is InChI=1S/C21H18ClFN4O/c1-3-19(28)26-8-9-27-18(12-26)20(15-6-7-24-11-13(15)2)21(25-27)16-5-4-14(22)10-17(16)23/h3-7,10-11H,1,8-9,12H2,2H3. The number of carbonyl (C=O) groups is 1. The van der Waals surface area contributed by atoms with Gasteiger partial charge in [-0.2, -0.15) is 5.10 Å². The van der Waals surface area contributed by atoms with Crippen LogP contribution in [0.4, 0.5) is 4.39 Å². The number of aromatic nitrogens is 3. The summed E-state index contributed by atoms with van der Waals surface area (Å²) in [5.41, 5.74) is 4.43. The molecule has 0 saturated heterocycles. The van der Waals surface area contributed by atoms with Gasteiger partial charge in [-0.3, -0.25) is 14.5 Å². The molecule has 4 rings (SSSR count). The Labute approximate surface area is 167 Å². The molecule has 0 unspecified atom stereocenters. The van der Waals surface area contributed by atoms with Gasteiger partial charge >= 0.3 is 0 Å². The number of hydrogen-bond donors (Lipinski definition) is 0. The van der Waals surface area contributed by atoms with Crippen molar-refractivity contribution in [1.29, 1.82) is 0 Å². The summed E-state index contributed by atoms with van der Waals surface area (Å²) in [6.07, 6.45) is 4.77. The average Bonchev–Trinajstić information content (AvgIpc) is 3.06. The second-order valence-electron chi connectivity index (χ2n) is 6.67. The van der Waals surface area contributed by atoms with E-state index in [1.54, 1.807) is 29.4 Å². The predicted octanol–water partition coefficient (Wildman–Crippen LogP) is 4.24. The van der Waals surface area contributed by atoms with E-state index < -0.39 is 5.82 Å². The van der Waals surface area contributed by atoms with E-state index in [2.05, 4.69) is 11.6 Å². The van der Waals surface area contributed by atoms with Crippen LogP contribution in [0.2, 0.25) is 5.02 Å². The monoisotopic (exact) mass is 396 g/mol. The van der Waals surface area contributed by atoms with Gasteiger partial charge in [0.25, 0.3) is 0 Å². The van der Waals surface area contributed by atoms with E-state index in [-0.39, 0.29) is 5.91 Å². The number of nitrogens with zero attached hydrogens (tertiary/aromatic N) is 4. The number of carbonyl (C=O) groups excluding carboxylic acids is 1. The van der Waals surface area contributed by atoms with Crippen molar-refractivity contribution in [2.75, 3.05) is 6.54 Å². The van der Waals surface area contributed by atoms with Crippen molar-refractivity contribution in [3.8, 4) is 22.4 Å². The molecule has 0 spiro atoms. The van der Waals surface area contributed by atoms with Gasteiger partial charge in [-0.15, -0.1) is 0 Å². The minimum Gasteiger partial charge on any atom is -0.331 e. The number of halogens is 2. The molecule has 0 N–H and O–H groups in total. The van der Waals surface area contributed by atoms with Gasteiger partial charge in [0, 0.05) is 35.1 Å². The highest BCUT2D eigenvalue weighted by molar-refractivity contribution is 6.30. The maximum Gasteiger partial charge on any atom is 0.246 e. The van der Waals surface area contributed by atoms with Crippen LogP contribution >= 0.6 is 11.6 Å². The number of benzene rings is 1. The van der Waals surface area contributed by atoms with E-state index in [4.69, 9.17) is 16.7 Å². The fourth-order valence-corrected chi connectivity index (χ4v) is 3.70. The summed E-state index contributed by atoms with van der Waals surface area (Å²) in [6.45, 7) is 6.96. The third-order valence-corrected chi connectivity index (χ3v) is 5.18. The molecule has 0 bridgehead atoms. The molecule has 1 aromatic carbocycles. The fraction of sp³-hybridized carbons (Fsp3) is 0.190. The average molecular weight is 397 g/mol. The van der Waals surface area contributed by atoms with Crippen molar-refractivity contribution in [2.45, 2.75) is 20.0 Å². The molecular formula is C21H18ClFN4O. The smallest absolute Gasteiger partial charge is 0.246 e. The molecule has 0 radical (unpaired) electrons. The summed E-state index contributed by atoms with van der Waals surface area (Å²) in [6, 6.07) is 6.46. The Morgan fingerprint density at radius 1 is 1.29 bits per heavy atom. The van der Waals surface area contributed by atoms with Crippen LogP contribution < -0.4 is 0 Å². The molecule has 28 heavy (non-hydrogen) atoms. The van der Waals surface area contributed by atoms with Gasteiger partial charge in [0.15, 0.2) is 0 Å². The van der Waals surface area contributed by atoms with E-state index in [0.717, 1.165) is 22.4 Å². The van der Waals surface area contributed by atoms with Gasteiger partial charge in [-0.1, -0.05) is 18.2 Å². The normalized spacial score (nSPS) is 13.3. The SMILES string of the molecule is C=CC(=O)N1CCn2nc(-c3ccc(Cl)cc3F)c(-c3ccncc3C)c2C1. The van der Waals surface area contributed by atoms with Gasteiger partial charge in [-0.05, 0) is 48.4 Å². The molecule has 3 heterocycles. The Balaban J connectivity index is 1.95. The molecule has 2 aromatic heterocycles. The van der Waals surface area contributed by atoms with E-state index in [0.29, 0.717) is 35.9 Å². The van der Waals surface area contributed by atoms with E-state index in [9.17, 15) is 9.18 Å². The molecular weight excluding hydrogens is 379 g/mol. The first kappa shape index (κ1) is 18.4. The molecule has 5 nitrogen and oxygen atoms in total. The third-order valence-electron chi connectivity index (χ3n) is 4.94. The first-order valence-corrected chi connectivity index (χ1v) is 9.25. The van der Waals surface area contributed by atoms with Crippen LogP contribution in [-0.2, 0) is 17.9 Å². The molecule has 7 heteroatoms. The lowest BCUT2D eigenvalue weighted by atomic mass is 9.96. The number of pyridine rings is 1. The Morgan fingerprint density at radius 2 is 2.11 bits per heavy atom. The molecule has 0 aliphatic carbocycles. The Hall–Kier alpha value is -2.99. The minimum absolute atomic E-state index is 0.135. The van der Waals surface area contributed by atoms with Crippen molar-refractivity contribution in [3.05, 3.63) is 71.4 Å². The zero-order valence-electron chi connectivity index (χ0n) is 15.3. The number of rotatable bonds is 3. The Morgan fingerprint density at radius 3 is 2.82 bits per heavy atom. The van der Waals surface area contributed by atoms with E-state index >= 15 is 0 Å². The van der Waals surface area contributed by atoms with Crippen molar-refractivity contribution < 1.29 is 9.18 Å². The van der Waals surface area contributed by atoms with Crippen molar-refractivity contribution >= 4 is 17.5 Å². The first-order valence-electron chi connectivity index (χ1n) is 8.87. The number of hydrogen-bond acceptors (Lipinski definition) is 3. The topological polar surface area (TPSA) is 51.0 Å². The van der Waals surface area contributed by atoms with Crippen LogP contribution in [0.5, 0.6) is 0 Å². The zero-order chi connectivity index (χ0) is 19.8.